The normalized spacial score (nSPS) is 13.8. The Kier molecular flexibility index (Phi) is 19.4. The lowest BCUT2D eigenvalue weighted by atomic mass is 10.1. The van der Waals surface area contributed by atoms with Crippen molar-refractivity contribution in [2.45, 2.75) is 78.6 Å². The summed E-state index contributed by atoms with van der Waals surface area (Å²) in [4.78, 5) is 0. The summed E-state index contributed by atoms with van der Waals surface area (Å²) in [5, 5.41) is 1.16. The molecule has 0 rings (SSSR count). The van der Waals surface area contributed by atoms with Crippen LogP contribution in [0.25, 0.3) is 0 Å². The van der Waals surface area contributed by atoms with E-state index >= 15 is 0 Å². The molecule has 0 aromatic rings. The fourth-order valence-electron chi connectivity index (χ4n) is 2.91. The summed E-state index contributed by atoms with van der Waals surface area (Å²) in [6.45, 7) is 12.5. The highest BCUT2D eigenvalue weighted by atomic mass is 127. The van der Waals surface area contributed by atoms with Gasteiger partial charge in [0.05, 0.1) is 31.5 Å². The van der Waals surface area contributed by atoms with Gasteiger partial charge in [-0.2, -0.15) is 0 Å². The van der Waals surface area contributed by atoms with E-state index in [0.717, 1.165) is 5.33 Å². The van der Waals surface area contributed by atoms with Crippen molar-refractivity contribution in [3.05, 3.63) is 0 Å². The third-order valence-corrected chi connectivity index (χ3v) is 4.62. The predicted octanol–water partition coefficient (Wildman–Crippen LogP) is 2.77. The van der Waals surface area contributed by atoms with Crippen molar-refractivity contribution in [1.29, 1.82) is 0 Å². The van der Waals surface area contributed by atoms with Gasteiger partial charge in [0.2, 0.25) is 0 Å². The monoisotopic (exact) mass is 461 g/mol. The predicted molar refractivity (Wildman–Crippen MR) is 92.1 cm³/mol. The molecule has 0 fully saturated rings. The van der Waals surface area contributed by atoms with Gasteiger partial charge in [-0.25, -0.2) is 0 Å². The number of rotatable bonds is 14. The van der Waals surface area contributed by atoms with Gasteiger partial charge in [0.25, 0.3) is 0 Å². The SMILES string of the molecule is CCCCCC[N+](CCBr)(CCCC)CCCCC.[I-]. The molecule has 0 aliphatic rings. The Bertz CT molecular complexity index is 190. The zero-order chi connectivity index (χ0) is 14.4. The first-order valence-electron chi connectivity index (χ1n) is 8.65. The number of unbranched alkanes of at least 4 members (excludes halogenated alkanes) is 6. The van der Waals surface area contributed by atoms with Crippen LogP contribution in [0, 0.1) is 0 Å². The maximum Gasteiger partial charge on any atom is 0.0885 e. The van der Waals surface area contributed by atoms with Gasteiger partial charge in [-0.1, -0.05) is 62.4 Å². The van der Waals surface area contributed by atoms with Crippen LogP contribution in [0.4, 0.5) is 0 Å². The van der Waals surface area contributed by atoms with Crippen LogP contribution >= 0.6 is 15.9 Å². The first kappa shape index (κ1) is 23.4. The van der Waals surface area contributed by atoms with Crippen molar-refractivity contribution in [3.63, 3.8) is 0 Å². The molecule has 1 atom stereocenters. The molecule has 0 saturated carbocycles. The van der Waals surface area contributed by atoms with E-state index in [1.807, 2.05) is 0 Å². The highest BCUT2D eigenvalue weighted by molar-refractivity contribution is 9.09. The van der Waals surface area contributed by atoms with Crippen LogP contribution in [0.1, 0.15) is 78.6 Å². The number of hydrogen-bond acceptors (Lipinski definition) is 0. The number of alkyl halides is 1. The van der Waals surface area contributed by atoms with Gasteiger partial charge in [0.15, 0.2) is 0 Å². The summed E-state index contributed by atoms with van der Waals surface area (Å²) in [7, 11) is 0. The Balaban J connectivity index is 0. The summed E-state index contributed by atoms with van der Waals surface area (Å²) in [5.41, 5.74) is 0. The molecule has 0 aromatic carbocycles. The average Bonchev–Trinajstić information content (AvgIpc) is 2.42. The van der Waals surface area contributed by atoms with Crippen molar-refractivity contribution >= 4 is 15.9 Å². The van der Waals surface area contributed by atoms with Crippen molar-refractivity contribution in [3.8, 4) is 0 Å². The minimum absolute atomic E-state index is 0. The molecule has 0 radical (unpaired) electrons. The molecular weight excluding hydrogens is 425 g/mol. The van der Waals surface area contributed by atoms with E-state index in [0.29, 0.717) is 0 Å². The topological polar surface area (TPSA) is 0 Å². The molecule has 3 heteroatoms. The van der Waals surface area contributed by atoms with Gasteiger partial charge in [-0.05, 0) is 32.1 Å². The van der Waals surface area contributed by atoms with E-state index in [4.69, 9.17) is 0 Å². The largest absolute Gasteiger partial charge is 1.00 e. The van der Waals surface area contributed by atoms with Crippen LogP contribution in [0.5, 0.6) is 0 Å². The zero-order valence-electron chi connectivity index (χ0n) is 14.1. The average molecular weight is 462 g/mol. The van der Waals surface area contributed by atoms with E-state index in [2.05, 4.69) is 36.7 Å². The van der Waals surface area contributed by atoms with Crippen molar-refractivity contribution in [2.24, 2.45) is 0 Å². The lowest BCUT2D eigenvalue weighted by Crippen LogP contribution is -3.00. The van der Waals surface area contributed by atoms with Crippen molar-refractivity contribution in [2.75, 3.05) is 31.5 Å². The maximum absolute atomic E-state index is 3.69. The number of hydrogen-bond donors (Lipinski definition) is 0. The molecule has 0 aliphatic carbocycles. The minimum Gasteiger partial charge on any atom is -1.00 e. The highest BCUT2D eigenvalue weighted by Crippen LogP contribution is 2.16. The Labute approximate surface area is 154 Å². The van der Waals surface area contributed by atoms with Gasteiger partial charge < -0.3 is 28.5 Å². The van der Waals surface area contributed by atoms with Crippen LogP contribution in [0.2, 0.25) is 0 Å². The highest BCUT2D eigenvalue weighted by Gasteiger charge is 2.24. The fourth-order valence-corrected chi connectivity index (χ4v) is 3.67. The third kappa shape index (κ3) is 11.8. The van der Waals surface area contributed by atoms with Gasteiger partial charge in [-0.15, -0.1) is 0 Å². The minimum atomic E-state index is 0. The quantitative estimate of drug-likeness (QED) is 0.161. The van der Waals surface area contributed by atoms with Gasteiger partial charge >= 0.3 is 0 Å². The Morgan fingerprint density at radius 2 is 1.05 bits per heavy atom. The van der Waals surface area contributed by atoms with Crippen LogP contribution in [0.3, 0.4) is 0 Å². The molecule has 0 saturated heterocycles. The summed E-state index contributed by atoms with van der Waals surface area (Å²) >= 11 is 3.69. The molecule has 124 valence electrons. The molecule has 0 aromatic heterocycles. The maximum atomic E-state index is 3.69. The molecule has 0 aliphatic heterocycles. The Morgan fingerprint density at radius 3 is 1.55 bits per heavy atom. The van der Waals surface area contributed by atoms with E-state index in [1.54, 1.807) is 0 Å². The Hall–Kier alpha value is 1.17. The molecule has 0 amide bonds. The van der Waals surface area contributed by atoms with Crippen LogP contribution < -0.4 is 24.0 Å². The second-order valence-corrected chi connectivity index (χ2v) is 6.84. The summed E-state index contributed by atoms with van der Waals surface area (Å²) in [6.07, 6.45) is 12.5. The fraction of sp³-hybridized carbons (Fsp3) is 1.00. The first-order chi connectivity index (χ1) is 9.24. The molecule has 0 heterocycles. The van der Waals surface area contributed by atoms with Crippen LogP contribution in [0.15, 0.2) is 0 Å². The molecule has 1 nitrogen and oxygen atoms in total. The van der Waals surface area contributed by atoms with E-state index < -0.39 is 0 Å². The molecule has 1 unspecified atom stereocenters. The third-order valence-electron chi connectivity index (χ3n) is 4.27. The van der Waals surface area contributed by atoms with Gasteiger partial charge in [-0.3, -0.25) is 0 Å². The zero-order valence-corrected chi connectivity index (χ0v) is 17.8. The first-order valence-corrected chi connectivity index (χ1v) is 9.77. The van der Waals surface area contributed by atoms with E-state index in [-0.39, 0.29) is 24.0 Å². The summed E-state index contributed by atoms with van der Waals surface area (Å²) in [6, 6.07) is 0. The molecular formula is C17H37BrIN. The number of quaternary nitrogens is 1. The lowest BCUT2D eigenvalue weighted by Gasteiger charge is -2.39. The molecule has 20 heavy (non-hydrogen) atoms. The second kappa shape index (κ2) is 16.5. The second-order valence-electron chi connectivity index (χ2n) is 6.05. The van der Waals surface area contributed by atoms with Gasteiger partial charge in [0, 0.05) is 0 Å². The van der Waals surface area contributed by atoms with Crippen LogP contribution in [-0.2, 0) is 0 Å². The number of nitrogens with zero attached hydrogens (tertiary/aromatic N) is 1. The lowest BCUT2D eigenvalue weighted by molar-refractivity contribution is -0.926. The Morgan fingerprint density at radius 1 is 0.600 bits per heavy atom. The molecule has 0 N–H and O–H groups in total. The van der Waals surface area contributed by atoms with Gasteiger partial charge in [0.1, 0.15) is 0 Å². The molecule has 0 spiro atoms. The summed E-state index contributed by atoms with van der Waals surface area (Å²) in [5.74, 6) is 0. The van der Waals surface area contributed by atoms with E-state index in [9.17, 15) is 0 Å². The smallest absolute Gasteiger partial charge is 0.0885 e. The van der Waals surface area contributed by atoms with Crippen LogP contribution in [-0.4, -0.2) is 36.0 Å². The standard InChI is InChI=1S/C17H37BrN.HI/c1-4-7-10-12-16-19(17-13-18,14-9-6-3)15-11-8-5-2;/h4-17H2,1-3H3;1H/q+1;/p-1. The summed E-state index contributed by atoms with van der Waals surface area (Å²) < 4.78 is 1.38. The van der Waals surface area contributed by atoms with E-state index in [1.165, 1.54) is 88.4 Å². The van der Waals surface area contributed by atoms with Crippen molar-refractivity contribution in [1.82, 2.24) is 0 Å². The molecule has 0 bridgehead atoms. The van der Waals surface area contributed by atoms with Crippen molar-refractivity contribution < 1.29 is 28.5 Å². The number of halogens is 2.